The van der Waals surface area contributed by atoms with Crippen molar-refractivity contribution in [2.45, 2.75) is 13.8 Å². The highest BCUT2D eigenvalue weighted by Crippen LogP contribution is 2.36. The highest BCUT2D eigenvalue weighted by Gasteiger charge is 2.31. The van der Waals surface area contributed by atoms with Crippen molar-refractivity contribution in [3.05, 3.63) is 127 Å². The van der Waals surface area contributed by atoms with E-state index in [9.17, 15) is 0 Å². The van der Waals surface area contributed by atoms with E-state index in [2.05, 4.69) is 138 Å². The third kappa shape index (κ3) is 3.52. The summed E-state index contributed by atoms with van der Waals surface area (Å²) in [6, 6.07) is 36.7. The number of rotatable bonds is 4. The Morgan fingerprint density at radius 3 is 1.83 bits per heavy atom. The number of aromatic nitrogens is 3. The molecule has 3 heteroatoms. The molecule has 0 unspecified atom stereocenters. The molecule has 0 atom stereocenters. The van der Waals surface area contributed by atoms with Crippen molar-refractivity contribution in [2.75, 3.05) is 0 Å². The van der Waals surface area contributed by atoms with Crippen LogP contribution in [0.1, 0.15) is 11.1 Å². The van der Waals surface area contributed by atoms with Crippen molar-refractivity contribution < 1.29 is 4.57 Å². The second-order valence-corrected chi connectivity index (χ2v) is 9.29. The zero-order valence-electron chi connectivity index (χ0n) is 20.8. The van der Waals surface area contributed by atoms with Crippen LogP contribution in [0.25, 0.3) is 50.4 Å². The fraction of sp³-hybridized carbons (Fsp3) is 0.0909. The van der Waals surface area contributed by atoms with Crippen LogP contribution in [0.5, 0.6) is 0 Å². The van der Waals surface area contributed by atoms with Crippen molar-refractivity contribution in [1.29, 1.82) is 0 Å². The summed E-state index contributed by atoms with van der Waals surface area (Å²) in [6.07, 6.45) is 3.85. The van der Waals surface area contributed by atoms with E-state index in [1.54, 1.807) is 0 Å². The molecule has 0 radical (unpaired) electrons. The average Bonchev–Trinajstić information content (AvgIpc) is 3.22. The van der Waals surface area contributed by atoms with Crippen LogP contribution in [-0.2, 0) is 7.05 Å². The molecule has 0 amide bonds. The molecular weight excluding hydrogens is 438 g/mol. The Kier molecular flexibility index (Phi) is 5.46. The van der Waals surface area contributed by atoms with Crippen molar-refractivity contribution >= 4 is 11.0 Å². The number of imidazole rings is 1. The Bertz CT molecular complexity index is 1640. The first-order valence-corrected chi connectivity index (χ1v) is 12.3. The Hall–Kier alpha value is -4.50. The molecule has 174 valence electrons. The number of pyridine rings is 1. The highest BCUT2D eigenvalue weighted by atomic mass is 15.2. The van der Waals surface area contributed by atoms with Crippen LogP contribution in [0.4, 0.5) is 0 Å². The molecule has 0 aliphatic heterocycles. The summed E-state index contributed by atoms with van der Waals surface area (Å²) >= 11 is 0. The van der Waals surface area contributed by atoms with Gasteiger partial charge in [0.05, 0.1) is 12.6 Å². The van der Waals surface area contributed by atoms with Crippen LogP contribution < -0.4 is 4.57 Å². The van der Waals surface area contributed by atoms with Crippen molar-refractivity contribution in [2.24, 2.45) is 7.05 Å². The Labute approximate surface area is 212 Å². The number of hydrogen-bond donors (Lipinski definition) is 0. The van der Waals surface area contributed by atoms with Gasteiger partial charge in [-0.25, -0.2) is 4.57 Å². The fourth-order valence-electron chi connectivity index (χ4n) is 5.28. The van der Waals surface area contributed by atoms with Gasteiger partial charge in [0.1, 0.15) is 5.69 Å². The summed E-state index contributed by atoms with van der Waals surface area (Å²) in [5.41, 5.74) is 11.9. The molecule has 0 fully saturated rings. The standard InChI is InChI=1S/C33H28N3/c1-23-20-21-34-22-29(23)33-35(3)30-19-10-12-24(2)31(30)36(33)32-27(25-13-6-4-7-14-25)17-11-18-28(32)26-15-8-5-9-16-26/h4-22H,1-3H3/q+1. The van der Waals surface area contributed by atoms with Crippen LogP contribution in [0.15, 0.2) is 116 Å². The van der Waals surface area contributed by atoms with E-state index >= 15 is 0 Å². The first-order chi connectivity index (χ1) is 17.6. The zero-order chi connectivity index (χ0) is 24.6. The van der Waals surface area contributed by atoms with Crippen molar-refractivity contribution in [3.63, 3.8) is 0 Å². The number of benzene rings is 4. The SMILES string of the molecule is Cc1ccncc1-c1n(C)c2cccc(C)c2[n+]1-c1c(-c2ccccc2)cccc1-c1ccccc1. The third-order valence-electron chi connectivity index (χ3n) is 7.04. The predicted octanol–water partition coefficient (Wildman–Crippen LogP) is 7.47. The predicted molar refractivity (Wildman–Crippen MR) is 148 cm³/mol. The summed E-state index contributed by atoms with van der Waals surface area (Å²) in [5, 5.41) is 0. The molecule has 4 aromatic carbocycles. The molecule has 2 heterocycles. The maximum absolute atomic E-state index is 4.52. The molecule has 0 aliphatic carbocycles. The van der Waals surface area contributed by atoms with Gasteiger partial charge in [0.2, 0.25) is 0 Å². The Morgan fingerprint density at radius 1 is 0.611 bits per heavy atom. The first-order valence-electron chi connectivity index (χ1n) is 12.3. The van der Waals surface area contributed by atoms with Gasteiger partial charge in [0, 0.05) is 29.1 Å². The van der Waals surface area contributed by atoms with E-state index in [0.717, 1.165) is 11.4 Å². The lowest BCUT2D eigenvalue weighted by atomic mass is 9.95. The van der Waals surface area contributed by atoms with Crippen molar-refractivity contribution in [1.82, 2.24) is 9.55 Å². The molecule has 36 heavy (non-hydrogen) atoms. The van der Waals surface area contributed by atoms with Crippen LogP contribution in [0.2, 0.25) is 0 Å². The van der Waals surface area contributed by atoms with E-state index in [1.807, 2.05) is 12.4 Å². The summed E-state index contributed by atoms with van der Waals surface area (Å²) in [4.78, 5) is 4.52. The van der Waals surface area contributed by atoms with Gasteiger partial charge in [-0.15, -0.1) is 0 Å². The Balaban J connectivity index is 1.84. The molecule has 0 saturated carbocycles. The van der Waals surface area contributed by atoms with Gasteiger partial charge in [-0.1, -0.05) is 91.0 Å². The van der Waals surface area contributed by atoms with E-state index in [4.69, 9.17) is 0 Å². The molecule has 2 aromatic heterocycles. The molecular formula is C33H28N3+. The number of fused-ring (bicyclic) bond motifs is 1. The largest absolute Gasteiger partial charge is 0.296 e. The molecule has 0 bridgehead atoms. The van der Waals surface area contributed by atoms with E-state index < -0.39 is 0 Å². The number of aryl methyl sites for hydroxylation is 3. The minimum absolute atomic E-state index is 1.12. The minimum Gasteiger partial charge on any atom is -0.264 e. The number of hydrogen-bond acceptors (Lipinski definition) is 1. The number of nitrogens with zero attached hydrogens (tertiary/aromatic N) is 3. The second kappa shape index (κ2) is 8.94. The normalized spacial score (nSPS) is 11.2. The number of para-hydroxylation sites is 2. The molecule has 0 N–H and O–H groups in total. The zero-order valence-corrected chi connectivity index (χ0v) is 20.8. The third-order valence-corrected chi connectivity index (χ3v) is 7.04. The fourth-order valence-corrected chi connectivity index (χ4v) is 5.28. The Morgan fingerprint density at radius 2 is 1.22 bits per heavy atom. The van der Waals surface area contributed by atoms with Crippen molar-refractivity contribution in [3.8, 4) is 39.3 Å². The maximum Gasteiger partial charge on any atom is 0.296 e. The summed E-state index contributed by atoms with van der Waals surface area (Å²) < 4.78 is 4.77. The lowest BCUT2D eigenvalue weighted by molar-refractivity contribution is -0.554. The molecule has 0 aliphatic rings. The monoisotopic (exact) mass is 466 g/mol. The second-order valence-electron chi connectivity index (χ2n) is 9.29. The van der Waals surface area contributed by atoms with Crippen LogP contribution in [-0.4, -0.2) is 9.55 Å². The molecule has 0 saturated heterocycles. The summed E-state index contributed by atoms with van der Waals surface area (Å²) in [7, 11) is 2.16. The van der Waals surface area contributed by atoms with Gasteiger partial charge in [0.15, 0.2) is 11.0 Å². The van der Waals surface area contributed by atoms with Gasteiger partial charge < -0.3 is 0 Å². The molecule has 6 aromatic rings. The quantitative estimate of drug-likeness (QED) is 0.247. The summed E-state index contributed by atoms with van der Waals surface area (Å²) in [5.74, 6) is 1.12. The van der Waals surface area contributed by atoms with Gasteiger partial charge in [-0.05, 0) is 42.7 Å². The van der Waals surface area contributed by atoms with Crippen LogP contribution in [0.3, 0.4) is 0 Å². The first kappa shape index (κ1) is 22.0. The van der Waals surface area contributed by atoms with E-state index in [-0.39, 0.29) is 0 Å². The smallest absolute Gasteiger partial charge is 0.264 e. The van der Waals surface area contributed by atoms with Crippen LogP contribution >= 0.6 is 0 Å². The lowest BCUT2D eigenvalue weighted by Crippen LogP contribution is -2.35. The molecule has 3 nitrogen and oxygen atoms in total. The van der Waals surface area contributed by atoms with Gasteiger partial charge in [0.25, 0.3) is 5.82 Å². The molecule has 6 rings (SSSR count). The molecule has 0 spiro atoms. The highest BCUT2D eigenvalue weighted by molar-refractivity contribution is 5.86. The topological polar surface area (TPSA) is 21.7 Å². The minimum atomic E-state index is 1.12. The lowest BCUT2D eigenvalue weighted by Gasteiger charge is -2.16. The van der Waals surface area contributed by atoms with Gasteiger partial charge >= 0.3 is 0 Å². The summed E-state index contributed by atoms with van der Waals surface area (Å²) in [6.45, 7) is 4.36. The van der Waals surface area contributed by atoms with E-state index in [1.165, 1.54) is 50.1 Å². The maximum atomic E-state index is 4.52. The van der Waals surface area contributed by atoms with Crippen LogP contribution in [0, 0.1) is 13.8 Å². The average molecular weight is 467 g/mol. The van der Waals surface area contributed by atoms with Gasteiger partial charge in [-0.2, -0.15) is 4.57 Å². The van der Waals surface area contributed by atoms with Gasteiger partial charge in [-0.3, -0.25) is 4.98 Å². The van der Waals surface area contributed by atoms with E-state index in [0.29, 0.717) is 0 Å².